The molecule has 2 aliphatic heterocycles. The van der Waals surface area contributed by atoms with Gasteiger partial charge in [0.25, 0.3) is 10.2 Å². The molecule has 122 valence electrons. The lowest BCUT2D eigenvalue weighted by molar-refractivity contribution is -0.142. The Hall–Kier alpha value is -0.700. The van der Waals surface area contributed by atoms with Crippen molar-refractivity contribution in [1.29, 1.82) is 0 Å². The van der Waals surface area contributed by atoms with Gasteiger partial charge in [-0.05, 0) is 45.2 Å². The van der Waals surface area contributed by atoms with Crippen LogP contribution >= 0.6 is 0 Å². The zero-order valence-electron chi connectivity index (χ0n) is 12.7. The van der Waals surface area contributed by atoms with Crippen molar-refractivity contribution in [3.63, 3.8) is 0 Å². The molecule has 0 aromatic rings. The summed E-state index contributed by atoms with van der Waals surface area (Å²) < 4.78 is 27.8. The van der Waals surface area contributed by atoms with Crippen LogP contribution < -0.4 is 0 Å². The lowest BCUT2D eigenvalue weighted by Crippen LogP contribution is -2.53. The fraction of sp³-hybridized carbons (Fsp3) is 0.923. The highest BCUT2D eigenvalue weighted by atomic mass is 32.2. The van der Waals surface area contributed by atoms with Crippen molar-refractivity contribution < 1.29 is 18.3 Å². The smallest absolute Gasteiger partial charge is 0.322 e. The van der Waals surface area contributed by atoms with Gasteiger partial charge >= 0.3 is 5.97 Å². The summed E-state index contributed by atoms with van der Waals surface area (Å²) in [4.78, 5) is 13.5. The van der Waals surface area contributed by atoms with Gasteiger partial charge in [-0.1, -0.05) is 0 Å². The predicted octanol–water partition coefficient (Wildman–Crippen LogP) is 0.0538. The zero-order valence-corrected chi connectivity index (χ0v) is 13.5. The Kier molecular flexibility index (Phi) is 5.24. The number of aliphatic carboxylic acids is 1. The SMILES string of the molecule is CN1CCC(CN(C)S(=O)(=O)N2CCCCC2C(=O)O)C1. The molecule has 7 nitrogen and oxygen atoms in total. The van der Waals surface area contributed by atoms with Crippen LogP contribution in [0.4, 0.5) is 0 Å². The Balaban J connectivity index is 2.06. The number of rotatable bonds is 5. The fourth-order valence-electron chi connectivity index (χ4n) is 3.24. The van der Waals surface area contributed by atoms with Crippen LogP contribution in [-0.2, 0) is 15.0 Å². The molecular weight excluding hydrogens is 294 g/mol. The average molecular weight is 319 g/mol. The maximum atomic E-state index is 12.6. The van der Waals surface area contributed by atoms with Crippen LogP contribution in [0.2, 0.25) is 0 Å². The number of carboxylic acid groups (broad SMARTS) is 1. The molecule has 21 heavy (non-hydrogen) atoms. The van der Waals surface area contributed by atoms with E-state index >= 15 is 0 Å². The Morgan fingerprint density at radius 3 is 2.57 bits per heavy atom. The molecule has 0 spiro atoms. The first kappa shape index (κ1) is 16.7. The number of nitrogens with zero attached hydrogens (tertiary/aromatic N) is 3. The molecule has 2 aliphatic rings. The number of hydrogen-bond donors (Lipinski definition) is 1. The highest BCUT2D eigenvalue weighted by molar-refractivity contribution is 7.86. The molecule has 0 aliphatic carbocycles. The second-order valence-corrected chi connectivity index (χ2v) is 8.15. The van der Waals surface area contributed by atoms with E-state index in [4.69, 9.17) is 0 Å². The molecule has 1 N–H and O–H groups in total. The van der Waals surface area contributed by atoms with Gasteiger partial charge in [0.1, 0.15) is 6.04 Å². The van der Waals surface area contributed by atoms with Crippen molar-refractivity contribution in [3.8, 4) is 0 Å². The summed E-state index contributed by atoms with van der Waals surface area (Å²) in [5, 5.41) is 9.24. The molecule has 0 aromatic carbocycles. The van der Waals surface area contributed by atoms with Crippen LogP contribution in [-0.4, -0.2) is 79.3 Å². The Morgan fingerprint density at radius 2 is 2.00 bits per heavy atom. The molecule has 0 aromatic heterocycles. The quantitative estimate of drug-likeness (QED) is 0.774. The van der Waals surface area contributed by atoms with Crippen molar-refractivity contribution in [2.75, 3.05) is 40.3 Å². The largest absolute Gasteiger partial charge is 0.480 e. The Labute approximate surface area is 126 Å². The molecular formula is C13H25N3O4S. The maximum absolute atomic E-state index is 12.6. The van der Waals surface area contributed by atoms with Gasteiger partial charge in [0.2, 0.25) is 0 Å². The van der Waals surface area contributed by atoms with E-state index in [0.29, 0.717) is 25.4 Å². The number of hydrogen-bond acceptors (Lipinski definition) is 4. The molecule has 0 bridgehead atoms. The van der Waals surface area contributed by atoms with Crippen LogP contribution in [0.25, 0.3) is 0 Å². The van der Waals surface area contributed by atoms with Crippen molar-refractivity contribution in [2.24, 2.45) is 5.92 Å². The first-order chi connectivity index (χ1) is 9.82. The predicted molar refractivity (Wildman–Crippen MR) is 79.1 cm³/mol. The van der Waals surface area contributed by atoms with E-state index < -0.39 is 22.2 Å². The Morgan fingerprint density at radius 1 is 1.29 bits per heavy atom. The van der Waals surface area contributed by atoms with Crippen molar-refractivity contribution in [2.45, 2.75) is 31.7 Å². The molecule has 8 heteroatoms. The van der Waals surface area contributed by atoms with E-state index in [1.54, 1.807) is 7.05 Å². The molecule has 0 amide bonds. The van der Waals surface area contributed by atoms with Crippen LogP contribution in [0, 0.1) is 5.92 Å². The fourth-order valence-corrected chi connectivity index (χ4v) is 4.87. The minimum Gasteiger partial charge on any atom is -0.480 e. The van der Waals surface area contributed by atoms with Gasteiger partial charge in [-0.3, -0.25) is 4.79 Å². The summed E-state index contributed by atoms with van der Waals surface area (Å²) in [6, 6.07) is -0.919. The van der Waals surface area contributed by atoms with Gasteiger partial charge in [0.05, 0.1) is 0 Å². The molecule has 2 atom stereocenters. The van der Waals surface area contributed by atoms with Crippen LogP contribution in [0.1, 0.15) is 25.7 Å². The second kappa shape index (κ2) is 6.60. The molecule has 2 saturated heterocycles. The number of carbonyl (C=O) groups is 1. The molecule has 2 heterocycles. The summed E-state index contributed by atoms with van der Waals surface area (Å²) in [6.07, 6.45) is 2.87. The summed E-state index contributed by atoms with van der Waals surface area (Å²) in [5.74, 6) is -0.727. The standard InChI is InChI=1S/C13H25N3O4S/c1-14-8-6-11(9-14)10-15(2)21(19,20)16-7-4-3-5-12(16)13(17)18/h11-12H,3-10H2,1-2H3,(H,17,18). The summed E-state index contributed by atoms with van der Waals surface area (Å²) in [5.41, 5.74) is 0. The first-order valence-corrected chi connectivity index (χ1v) is 8.86. The van der Waals surface area contributed by atoms with Crippen molar-refractivity contribution >= 4 is 16.2 Å². The molecule has 2 fully saturated rings. The molecule has 2 unspecified atom stereocenters. The maximum Gasteiger partial charge on any atom is 0.322 e. The van der Waals surface area contributed by atoms with E-state index in [0.717, 1.165) is 36.7 Å². The van der Waals surface area contributed by atoms with Crippen LogP contribution in [0.3, 0.4) is 0 Å². The molecule has 0 saturated carbocycles. The van der Waals surface area contributed by atoms with Crippen LogP contribution in [0.15, 0.2) is 0 Å². The topological polar surface area (TPSA) is 81.2 Å². The number of carboxylic acids is 1. The highest BCUT2D eigenvalue weighted by Crippen LogP contribution is 2.24. The van der Waals surface area contributed by atoms with Gasteiger partial charge in [0, 0.05) is 26.7 Å². The lowest BCUT2D eigenvalue weighted by atomic mass is 10.1. The minimum atomic E-state index is -3.69. The minimum absolute atomic E-state index is 0.300. The van der Waals surface area contributed by atoms with Crippen molar-refractivity contribution in [3.05, 3.63) is 0 Å². The average Bonchev–Trinajstić information content (AvgIpc) is 2.84. The van der Waals surface area contributed by atoms with Gasteiger partial charge in [-0.15, -0.1) is 0 Å². The monoisotopic (exact) mass is 319 g/mol. The zero-order chi connectivity index (χ0) is 15.6. The Bertz CT molecular complexity index is 482. The van der Waals surface area contributed by atoms with Crippen molar-refractivity contribution in [1.82, 2.24) is 13.5 Å². The van der Waals surface area contributed by atoms with E-state index in [-0.39, 0.29) is 0 Å². The van der Waals surface area contributed by atoms with Gasteiger partial charge in [-0.25, -0.2) is 0 Å². The van der Waals surface area contributed by atoms with Gasteiger partial charge in [0.15, 0.2) is 0 Å². The first-order valence-electron chi connectivity index (χ1n) is 7.47. The third kappa shape index (κ3) is 3.74. The lowest BCUT2D eigenvalue weighted by Gasteiger charge is -2.35. The summed E-state index contributed by atoms with van der Waals surface area (Å²) in [7, 11) is -0.110. The second-order valence-electron chi connectivity index (χ2n) is 6.17. The van der Waals surface area contributed by atoms with E-state index in [9.17, 15) is 18.3 Å². The number of likely N-dealkylation sites (tertiary alicyclic amines) is 1. The van der Waals surface area contributed by atoms with E-state index in [1.807, 2.05) is 7.05 Å². The normalized spacial score (nSPS) is 29.1. The van der Waals surface area contributed by atoms with E-state index in [2.05, 4.69) is 4.90 Å². The number of piperidine rings is 1. The summed E-state index contributed by atoms with van der Waals surface area (Å²) in [6.45, 7) is 2.63. The summed E-state index contributed by atoms with van der Waals surface area (Å²) >= 11 is 0. The molecule has 2 rings (SSSR count). The third-order valence-corrected chi connectivity index (χ3v) is 6.40. The van der Waals surface area contributed by atoms with E-state index in [1.165, 1.54) is 4.31 Å². The van der Waals surface area contributed by atoms with Gasteiger partial charge < -0.3 is 10.0 Å². The third-order valence-electron chi connectivity index (χ3n) is 4.43. The molecule has 0 radical (unpaired) electrons. The highest BCUT2D eigenvalue weighted by Gasteiger charge is 2.39. The van der Waals surface area contributed by atoms with Crippen LogP contribution in [0.5, 0.6) is 0 Å². The van der Waals surface area contributed by atoms with Gasteiger partial charge in [-0.2, -0.15) is 17.0 Å².